The number of benzene rings is 1. The third kappa shape index (κ3) is 4.62. The largest absolute Gasteiger partial charge is 0.381 e. The Kier molecular flexibility index (Phi) is 6.27. The van der Waals surface area contributed by atoms with Gasteiger partial charge in [-0.05, 0) is 41.2 Å². The second-order valence-corrected chi connectivity index (χ2v) is 8.41. The van der Waals surface area contributed by atoms with Gasteiger partial charge in [-0.3, -0.25) is 9.89 Å². The molecule has 5 nitrogen and oxygen atoms in total. The van der Waals surface area contributed by atoms with E-state index in [2.05, 4.69) is 49.8 Å². The van der Waals surface area contributed by atoms with E-state index < -0.39 is 0 Å². The van der Waals surface area contributed by atoms with Gasteiger partial charge in [0.15, 0.2) is 5.96 Å². The third-order valence-corrected chi connectivity index (χ3v) is 6.67. The Morgan fingerprint density at radius 3 is 2.89 bits per heavy atom. The highest BCUT2D eigenvalue weighted by molar-refractivity contribution is 7.17. The summed E-state index contributed by atoms with van der Waals surface area (Å²) in [6, 6.07) is 8.67. The molecule has 2 fully saturated rings. The molecule has 2 aromatic rings. The molecule has 0 spiro atoms. The lowest BCUT2D eigenvalue weighted by molar-refractivity contribution is 0.139. The fraction of sp³-hybridized carbons (Fsp3) is 0.571. The van der Waals surface area contributed by atoms with E-state index in [-0.39, 0.29) is 0 Å². The Bertz CT molecular complexity index is 760. The van der Waals surface area contributed by atoms with Crippen LogP contribution in [0.1, 0.15) is 12.0 Å². The zero-order valence-electron chi connectivity index (χ0n) is 16.2. The Labute approximate surface area is 166 Å². The van der Waals surface area contributed by atoms with E-state index in [1.54, 1.807) is 0 Å². The molecule has 4 rings (SSSR count). The lowest BCUT2D eigenvalue weighted by Crippen LogP contribution is -2.53. The van der Waals surface area contributed by atoms with Gasteiger partial charge in [-0.15, -0.1) is 11.3 Å². The van der Waals surface area contributed by atoms with Gasteiger partial charge in [-0.2, -0.15) is 0 Å². The molecule has 2 aliphatic rings. The molecule has 0 aliphatic carbocycles. The highest BCUT2D eigenvalue weighted by Gasteiger charge is 2.23. The number of hydrogen-bond acceptors (Lipinski definition) is 4. The minimum atomic E-state index is 0.731. The van der Waals surface area contributed by atoms with Crippen LogP contribution in [-0.4, -0.2) is 75.3 Å². The normalized spacial score (nSPS) is 21.9. The van der Waals surface area contributed by atoms with Crippen molar-refractivity contribution in [1.82, 2.24) is 15.1 Å². The van der Waals surface area contributed by atoms with Gasteiger partial charge < -0.3 is 15.0 Å². The first-order valence-corrected chi connectivity index (χ1v) is 10.9. The standard InChI is InChI=1S/C21H30N4OS/c1-22-21(23-8-6-18-16-27-20-5-3-2-4-19(18)20)25-11-9-24(10-12-25)14-17-7-13-26-15-17/h2-5,16-17H,6-15H2,1H3,(H,22,23). The molecule has 1 aromatic carbocycles. The van der Waals surface area contributed by atoms with Crippen LogP contribution < -0.4 is 5.32 Å². The van der Waals surface area contributed by atoms with Crippen LogP contribution in [0.5, 0.6) is 0 Å². The molecule has 3 heterocycles. The van der Waals surface area contributed by atoms with Crippen LogP contribution in [0.15, 0.2) is 34.6 Å². The maximum Gasteiger partial charge on any atom is 0.193 e. The Morgan fingerprint density at radius 2 is 2.11 bits per heavy atom. The number of thiophene rings is 1. The number of ether oxygens (including phenoxy) is 1. The molecule has 27 heavy (non-hydrogen) atoms. The van der Waals surface area contributed by atoms with Crippen LogP contribution in [0.3, 0.4) is 0 Å². The van der Waals surface area contributed by atoms with Gasteiger partial charge in [0.2, 0.25) is 0 Å². The molecule has 0 amide bonds. The molecule has 0 bridgehead atoms. The number of nitrogens with one attached hydrogen (secondary N) is 1. The fourth-order valence-corrected chi connectivity index (χ4v) is 5.10. The molecule has 0 radical (unpaired) electrons. The Balaban J connectivity index is 1.23. The first kappa shape index (κ1) is 18.7. The molecule has 2 aliphatic heterocycles. The summed E-state index contributed by atoms with van der Waals surface area (Å²) in [6.45, 7) is 8.33. The number of rotatable bonds is 5. The van der Waals surface area contributed by atoms with Gasteiger partial charge in [0.25, 0.3) is 0 Å². The average Bonchev–Trinajstić information content (AvgIpc) is 3.36. The SMILES string of the molecule is CN=C(NCCc1csc2ccccc12)N1CCN(CC2CCOC2)CC1. The molecule has 1 atom stereocenters. The number of aliphatic imine (C=N–C) groups is 1. The molecule has 6 heteroatoms. The topological polar surface area (TPSA) is 40.1 Å². The Hall–Kier alpha value is -1.63. The van der Waals surface area contributed by atoms with Crippen LogP contribution in [0.25, 0.3) is 10.1 Å². The zero-order valence-corrected chi connectivity index (χ0v) is 17.0. The summed E-state index contributed by atoms with van der Waals surface area (Å²) in [7, 11) is 1.89. The van der Waals surface area contributed by atoms with E-state index in [4.69, 9.17) is 4.74 Å². The molecule has 1 aromatic heterocycles. The molecule has 2 saturated heterocycles. The Morgan fingerprint density at radius 1 is 1.26 bits per heavy atom. The van der Waals surface area contributed by atoms with Gasteiger partial charge in [-0.25, -0.2) is 0 Å². The minimum absolute atomic E-state index is 0.731. The summed E-state index contributed by atoms with van der Waals surface area (Å²) < 4.78 is 6.89. The van der Waals surface area contributed by atoms with Crippen LogP contribution >= 0.6 is 11.3 Å². The van der Waals surface area contributed by atoms with Crippen molar-refractivity contribution < 1.29 is 4.74 Å². The summed E-state index contributed by atoms with van der Waals surface area (Å²) in [5, 5.41) is 7.26. The maximum atomic E-state index is 5.51. The summed E-state index contributed by atoms with van der Waals surface area (Å²) >= 11 is 1.84. The number of piperazine rings is 1. The molecular weight excluding hydrogens is 356 g/mol. The first-order valence-electron chi connectivity index (χ1n) is 10.0. The van der Waals surface area contributed by atoms with Crippen molar-refractivity contribution in [3.8, 4) is 0 Å². The lowest BCUT2D eigenvalue weighted by atomic mass is 10.1. The van der Waals surface area contributed by atoms with E-state index in [0.29, 0.717) is 0 Å². The smallest absolute Gasteiger partial charge is 0.193 e. The quantitative estimate of drug-likeness (QED) is 0.634. The molecule has 1 N–H and O–H groups in total. The van der Waals surface area contributed by atoms with Gasteiger partial charge in [0.1, 0.15) is 0 Å². The van der Waals surface area contributed by atoms with E-state index in [1.807, 2.05) is 18.4 Å². The summed E-state index contributed by atoms with van der Waals surface area (Å²) in [4.78, 5) is 9.50. The highest BCUT2D eigenvalue weighted by atomic mass is 32.1. The van der Waals surface area contributed by atoms with Crippen LogP contribution in [0.4, 0.5) is 0 Å². The monoisotopic (exact) mass is 386 g/mol. The van der Waals surface area contributed by atoms with Crippen molar-refractivity contribution in [2.45, 2.75) is 12.8 Å². The predicted octanol–water partition coefficient (Wildman–Crippen LogP) is 2.67. The number of nitrogens with zero attached hydrogens (tertiary/aromatic N) is 3. The summed E-state index contributed by atoms with van der Waals surface area (Å²) in [6.07, 6.45) is 2.26. The summed E-state index contributed by atoms with van der Waals surface area (Å²) in [5.41, 5.74) is 1.43. The van der Waals surface area contributed by atoms with Crippen LogP contribution in [-0.2, 0) is 11.2 Å². The second-order valence-electron chi connectivity index (χ2n) is 7.50. The second kappa shape index (κ2) is 9.04. The maximum absolute atomic E-state index is 5.51. The van der Waals surface area contributed by atoms with Crippen molar-refractivity contribution in [3.05, 3.63) is 35.2 Å². The van der Waals surface area contributed by atoms with Gasteiger partial charge >= 0.3 is 0 Å². The molecule has 146 valence electrons. The lowest BCUT2D eigenvalue weighted by Gasteiger charge is -2.37. The van der Waals surface area contributed by atoms with Crippen molar-refractivity contribution in [1.29, 1.82) is 0 Å². The van der Waals surface area contributed by atoms with E-state index in [1.165, 1.54) is 28.6 Å². The molecular formula is C21H30N4OS. The van der Waals surface area contributed by atoms with Crippen LogP contribution in [0.2, 0.25) is 0 Å². The number of fused-ring (bicyclic) bond motifs is 1. The first-order chi connectivity index (χ1) is 13.3. The van der Waals surface area contributed by atoms with Crippen LogP contribution in [0, 0.1) is 5.92 Å². The van der Waals surface area contributed by atoms with Gasteiger partial charge in [0, 0.05) is 57.6 Å². The third-order valence-electron chi connectivity index (χ3n) is 5.66. The van der Waals surface area contributed by atoms with Crippen molar-refractivity contribution >= 4 is 27.4 Å². The van der Waals surface area contributed by atoms with E-state index >= 15 is 0 Å². The highest BCUT2D eigenvalue weighted by Crippen LogP contribution is 2.25. The van der Waals surface area contributed by atoms with Gasteiger partial charge in [0.05, 0.1) is 6.61 Å². The summed E-state index contributed by atoms with van der Waals surface area (Å²) in [5.74, 6) is 1.77. The minimum Gasteiger partial charge on any atom is -0.381 e. The van der Waals surface area contributed by atoms with Crippen molar-refractivity contribution in [3.63, 3.8) is 0 Å². The number of hydrogen-bond donors (Lipinski definition) is 1. The van der Waals surface area contributed by atoms with E-state index in [9.17, 15) is 0 Å². The zero-order chi connectivity index (χ0) is 18.5. The van der Waals surface area contributed by atoms with Crippen molar-refractivity contribution in [2.75, 3.05) is 59.5 Å². The molecule has 1 unspecified atom stereocenters. The number of guanidine groups is 1. The predicted molar refractivity (Wildman–Crippen MR) is 114 cm³/mol. The van der Waals surface area contributed by atoms with Crippen molar-refractivity contribution in [2.24, 2.45) is 10.9 Å². The fourth-order valence-electron chi connectivity index (χ4n) is 4.10. The molecule has 0 saturated carbocycles. The average molecular weight is 387 g/mol. The van der Waals surface area contributed by atoms with E-state index in [0.717, 1.165) is 64.2 Å². The van der Waals surface area contributed by atoms with Gasteiger partial charge in [-0.1, -0.05) is 18.2 Å².